The largest absolute Gasteiger partial charge is 0.494 e. The minimum absolute atomic E-state index is 0.0596. The topological polar surface area (TPSA) is 21.3 Å². The maximum absolute atomic E-state index is 13.1. The van der Waals surface area contributed by atoms with Gasteiger partial charge in [-0.25, -0.2) is 4.39 Å². The first kappa shape index (κ1) is 14.4. The molecule has 6 heteroatoms. The molecule has 0 saturated carbocycles. The third kappa shape index (κ3) is 3.32. The molecule has 2 aromatic rings. The molecule has 0 fully saturated rings. The van der Waals surface area contributed by atoms with Crippen molar-refractivity contribution in [3.05, 3.63) is 44.3 Å². The van der Waals surface area contributed by atoms with E-state index < -0.39 is 0 Å². The first-order valence-electron chi connectivity index (χ1n) is 5.56. The normalized spacial score (nSPS) is 12.3. The fourth-order valence-corrected chi connectivity index (χ4v) is 3.39. The Labute approximate surface area is 125 Å². The molecular formula is C13H12Cl2FNOS. The summed E-state index contributed by atoms with van der Waals surface area (Å²) < 4.78 is 19.5. The lowest BCUT2D eigenvalue weighted by molar-refractivity contribution is 0.412. The van der Waals surface area contributed by atoms with E-state index in [1.54, 1.807) is 6.07 Å². The zero-order valence-electron chi connectivity index (χ0n) is 10.3. The highest BCUT2D eigenvalue weighted by Crippen LogP contribution is 2.37. The molecule has 2 rings (SSSR count). The van der Waals surface area contributed by atoms with Gasteiger partial charge in [-0.05, 0) is 25.1 Å². The van der Waals surface area contributed by atoms with Gasteiger partial charge in [-0.1, -0.05) is 23.2 Å². The smallest absolute Gasteiger partial charge is 0.144 e. The Morgan fingerprint density at radius 3 is 2.63 bits per heavy atom. The molecule has 1 aromatic carbocycles. The molecule has 19 heavy (non-hydrogen) atoms. The molecule has 0 bridgehead atoms. The van der Waals surface area contributed by atoms with Crippen molar-refractivity contribution in [1.29, 1.82) is 0 Å². The predicted molar refractivity (Wildman–Crippen MR) is 79.3 cm³/mol. The number of halogens is 3. The van der Waals surface area contributed by atoms with E-state index in [9.17, 15) is 4.39 Å². The summed E-state index contributed by atoms with van der Waals surface area (Å²) >= 11 is 13.4. The van der Waals surface area contributed by atoms with Crippen LogP contribution in [0.1, 0.15) is 18.5 Å². The number of thiophene rings is 1. The van der Waals surface area contributed by atoms with Gasteiger partial charge in [-0.2, -0.15) is 0 Å². The van der Waals surface area contributed by atoms with Crippen LogP contribution in [0.2, 0.25) is 8.67 Å². The van der Waals surface area contributed by atoms with Gasteiger partial charge < -0.3 is 10.1 Å². The van der Waals surface area contributed by atoms with E-state index in [1.165, 1.54) is 30.6 Å². The van der Waals surface area contributed by atoms with Gasteiger partial charge in [0.25, 0.3) is 0 Å². The average Bonchev–Trinajstić information content (AvgIpc) is 2.70. The molecule has 0 aliphatic rings. The number of hydrogen-bond donors (Lipinski definition) is 1. The third-order valence-electron chi connectivity index (χ3n) is 2.69. The van der Waals surface area contributed by atoms with Crippen molar-refractivity contribution < 1.29 is 9.13 Å². The van der Waals surface area contributed by atoms with E-state index in [-0.39, 0.29) is 11.9 Å². The predicted octanol–water partition coefficient (Wildman–Crippen LogP) is 5.38. The highest BCUT2D eigenvalue weighted by atomic mass is 35.5. The van der Waals surface area contributed by atoms with Crippen LogP contribution in [0.25, 0.3) is 0 Å². The number of hydrogen-bond acceptors (Lipinski definition) is 3. The highest BCUT2D eigenvalue weighted by Gasteiger charge is 2.15. The third-order valence-corrected chi connectivity index (χ3v) is 4.20. The van der Waals surface area contributed by atoms with Crippen LogP contribution >= 0.6 is 34.5 Å². The number of rotatable bonds is 4. The molecule has 0 radical (unpaired) electrons. The number of anilines is 1. The summed E-state index contributed by atoms with van der Waals surface area (Å²) in [6.07, 6.45) is 0. The molecule has 0 amide bonds. The summed E-state index contributed by atoms with van der Waals surface area (Å²) in [6.45, 7) is 1.95. The van der Waals surface area contributed by atoms with Crippen LogP contribution in [0.3, 0.4) is 0 Å². The van der Waals surface area contributed by atoms with Crippen molar-refractivity contribution in [2.45, 2.75) is 13.0 Å². The molecule has 1 atom stereocenters. The van der Waals surface area contributed by atoms with E-state index in [1.807, 2.05) is 13.0 Å². The average molecular weight is 320 g/mol. The van der Waals surface area contributed by atoms with E-state index >= 15 is 0 Å². The van der Waals surface area contributed by atoms with Gasteiger partial charge in [0.15, 0.2) is 0 Å². The Balaban J connectivity index is 2.23. The molecule has 0 saturated heterocycles. The summed E-state index contributed by atoms with van der Waals surface area (Å²) in [6, 6.07) is 6.10. The van der Waals surface area contributed by atoms with Crippen LogP contribution < -0.4 is 10.1 Å². The lowest BCUT2D eigenvalue weighted by Gasteiger charge is -2.17. The van der Waals surface area contributed by atoms with Gasteiger partial charge in [-0.3, -0.25) is 0 Å². The molecule has 1 N–H and O–H groups in total. The molecule has 0 aliphatic carbocycles. The van der Waals surface area contributed by atoms with Gasteiger partial charge in [0, 0.05) is 11.6 Å². The van der Waals surface area contributed by atoms with Crippen molar-refractivity contribution in [3.63, 3.8) is 0 Å². The van der Waals surface area contributed by atoms with E-state index in [0.29, 0.717) is 20.1 Å². The second-order valence-electron chi connectivity index (χ2n) is 3.99. The highest BCUT2D eigenvalue weighted by molar-refractivity contribution is 7.20. The van der Waals surface area contributed by atoms with Crippen LogP contribution in [0.4, 0.5) is 10.1 Å². The molecule has 1 unspecified atom stereocenters. The number of benzene rings is 1. The number of ether oxygens (including phenoxy) is 1. The SMILES string of the molecule is COc1cc(F)ccc1NC(C)c1cc(Cl)sc1Cl. The van der Waals surface area contributed by atoms with Crippen molar-refractivity contribution in [2.75, 3.05) is 12.4 Å². The summed E-state index contributed by atoms with van der Waals surface area (Å²) in [4.78, 5) is 0. The number of methoxy groups -OCH3 is 1. The fraction of sp³-hybridized carbons (Fsp3) is 0.231. The molecule has 0 aliphatic heterocycles. The maximum atomic E-state index is 13.1. The lowest BCUT2D eigenvalue weighted by atomic mass is 10.1. The van der Waals surface area contributed by atoms with Crippen LogP contribution in [-0.4, -0.2) is 7.11 Å². The summed E-state index contributed by atoms with van der Waals surface area (Å²) in [7, 11) is 1.50. The van der Waals surface area contributed by atoms with Gasteiger partial charge in [0.05, 0.1) is 27.5 Å². The Hall–Kier alpha value is -0.970. The quantitative estimate of drug-likeness (QED) is 0.817. The number of nitrogens with one attached hydrogen (secondary N) is 1. The Morgan fingerprint density at radius 1 is 1.32 bits per heavy atom. The molecule has 1 heterocycles. The molecular weight excluding hydrogens is 308 g/mol. The van der Waals surface area contributed by atoms with Gasteiger partial charge in [-0.15, -0.1) is 11.3 Å². The molecule has 1 aromatic heterocycles. The van der Waals surface area contributed by atoms with Crippen LogP contribution in [0, 0.1) is 5.82 Å². The summed E-state index contributed by atoms with van der Waals surface area (Å²) in [5.74, 6) is 0.107. The monoisotopic (exact) mass is 319 g/mol. The van der Waals surface area contributed by atoms with Crippen molar-refractivity contribution >= 4 is 40.2 Å². The Morgan fingerprint density at radius 2 is 2.05 bits per heavy atom. The first-order valence-corrected chi connectivity index (χ1v) is 7.13. The van der Waals surface area contributed by atoms with E-state index in [2.05, 4.69) is 5.32 Å². The Kier molecular flexibility index (Phi) is 4.55. The first-order chi connectivity index (χ1) is 9.01. The standard InChI is InChI=1S/C13H12Cl2FNOS/c1-7(9-6-12(14)19-13(9)15)17-10-4-3-8(16)5-11(10)18-2/h3-7,17H,1-2H3. The molecule has 0 spiro atoms. The maximum Gasteiger partial charge on any atom is 0.144 e. The molecule has 102 valence electrons. The second kappa shape index (κ2) is 5.99. The van der Waals surface area contributed by atoms with E-state index in [4.69, 9.17) is 27.9 Å². The minimum atomic E-state index is -0.341. The zero-order valence-corrected chi connectivity index (χ0v) is 12.7. The lowest BCUT2D eigenvalue weighted by Crippen LogP contribution is -2.07. The van der Waals surface area contributed by atoms with E-state index in [0.717, 1.165) is 5.56 Å². The minimum Gasteiger partial charge on any atom is -0.494 e. The zero-order chi connectivity index (χ0) is 14.0. The van der Waals surface area contributed by atoms with Crippen molar-refractivity contribution in [2.24, 2.45) is 0 Å². The Bertz CT molecular complexity index is 588. The second-order valence-corrected chi connectivity index (χ2v) is 6.28. The van der Waals surface area contributed by atoms with Gasteiger partial charge >= 0.3 is 0 Å². The van der Waals surface area contributed by atoms with Crippen molar-refractivity contribution in [3.8, 4) is 5.75 Å². The van der Waals surface area contributed by atoms with Crippen LogP contribution in [0.5, 0.6) is 5.75 Å². The summed E-state index contributed by atoms with van der Waals surface area (Å²) in [5, 5.41) is 3.23. The summed E-state index contributed by atoms with van der Waals surface area (Å²) in [5.41, 5.74) is 1.61. The van der Waals surface area contributed by atoms with Crippen LogP contribution in [-0.2, 0) is 0 Å². The molecule has 2 nitrogen and oxygen atoms in total. The van der Waals surface area contributed by atoms with Gasteiger partial charge in [0.2, 0.25) is 0 Å². The van der Waals surface area contributed by atoms with Crippen molar-refractivity contribution in [1.82, 2.24) is 0 Å². The fourth-order valence-electron chi connectivity index (χ4n) is 1.74. The van der Waals surface area contributed by atoms with Crippen LogP contribution in [0.15, 0.2) is 24.3 Å². The van der Waals surface area contributed by atoms with Gasteiger partial charge in [0.1, 0.15) is 11.6 Å².